The number of hydrogen-bond acceptors (Lipinski definition) is 3. The first-order valence-corrected chi connectivity index (χ1v) is 5.21. The van der Waals surface area contributed by atoms with Crippen molar-refractivity contribution in [3.05, 3.63) is 42.2 Å². The van der Waals surface area contributed by atoms with E-state index >= 15 is 0 Å². The van der Waals surface area contributed by atoms with Crippen LogP contribution in [-0.4, -0.2) is 16.4 Å². The molecule has 0 saturated carbocycles. The van der Waals surface area contributed by atoms with Crippen LogP contribution in [-0.2, 0) is 6.54 Å². The summed E-state index contributed by atoms with van der Waals surface area (Å²) in [6.45, 7) is 3.34. The average Bonchev–Trinajstić information content (AvgIpc) is 2.67. The Hall–Kier alpha value is -1.97. The minimum atomic E-state index is 0.587. The molecule has 0 aliphatic rings. The van der Waals surface area contributed by atoms with Crippen molar-refractivity contribution in [2.75, 3.05) is 12.3 Å². The summed E-state index contributed by atoms with van der Waals surface area (Å²) in [4.78, 5) is 0. The molecule has 0 amide bonds. The zero-order valence-electron chi connectivity index (χ0n) is 9.26. The standard InChI is InChI=1S/C12H15N3O/c1-10-2-4-12(5-3-10)16-7-6-15-9-11(13)8-14-15/h2-5,8-9H,6-7,13H2,1H3. The number of benzene rings is 1. The molecule has 2 aromatic rings. The molecule has 0 aliphatic heterocycles. The normalized spacial score (nSPS) is 10.3. The van der Waals surface area contributed by atoms with Gasteiger partial charge in [-0.1, -0.05) is 17.7 Å². The van der Waals surface area contributed by atoms with Crippen LogP contribution in [0.15, 0.2) is 36.7 Å². The summed E-state index contributed by atoms with van der Waals surface area (Å²) in [7, 11) is 0. The Morgan fingerprint density at radius 2 is 2.06 bits per heavy atom. The van der Waals surface area contributed by atoms with Crippen LogP contribution in [0.25, 0.3) is 0 Å². The summed E-state index contributed by atoms with van der Waals surface area (Å²) in [5.41, 5.74) is 7.46. The van der Waals surface area contributed by atoms with Gasteiger partial charge in [0.2, 0.25) is 0 Å². The molecular formula is C12H15N3O. The molecule has 0 saturated heterocycles. The Morgan fingerprint density at radius 1 is 1.31 bits per heavy atom. The first-order chi connectivity index (χ1) is 7.74. The molecule has 16 heavy (non-hydrogen) atoms. The zero-order valence-corrected chi connectivity index (χ0v) is 9.26. The lowest BCUT2D eigenvalue weighted by Gasteiger charge is -2.06. The highest BCUT2D eigenvalue weighted by molar-refractivity contribution is 5.30. The Labute approximate surface area is 94.6 Å². The van der Waals surface area contributed by atoms with Crippen LogP contribution in [0.1, 0.15) is 5.56 Å². The number of nitrogens with two attached hydrogens (primary N) is 1. The van der Waals surface area contributed by atoms with Gasteiger partial charge in [-0.25, -0.2) is 0 Å². The number of nitrogens with zero attached hydrogens (tertiary/aromatic N) is 2. The molecule has 4 nitrogen and oxygen atoms in total. The molecular weight excluding hydrogens is 202 g/mol. The van der Waals surface area contributed by atoms with E-state index in [1.54, 1.807) is 17.1 Å². The van der Waals surface area contributed by atoms with E-state index in [1.165, 1.54) is 5.56 Å². The minimum Gasteiger partial charge on any atom is -0.492 e. The SMILES string of the molecule is Cc1ccc(OCCn2cc(N)cn2)cc1. The quantitative estimate of drug-likeness (QED) is 0.850. The smallest absolute Gasteiger partial charge is 0.119 e. The fourth-order valence-corrected chi connectivity index (χ4v) is 1.39. The van der Waals surface area contributed by atoms with E-state index in [0.29, 0.717) is 18.8 Å². The number of ether oxygens (including phenoxy) is 1. The highest BCUT2D eigenvalue weighted by atomic mass is 16.5. The van der Waals surface area contributed by atoms with Crippen molar-refractivity contribution in [1.82, 2.24) is 9.78 Å². The minimum absolute atomic E-state index is 0.587. The van der Waals surface area contributed by atoms with Crippen LogP contribution >= 0.6 is 0 Å². The van der Waals surface area contributed by atoms with Crippen LogP contribution in [0.4, 0.5) is 5.69 Å². The number of aromatic nitrogens is 2. The van der Waals surface area contributed by atoms with E-state index in [4.69, 9.17) is 10.5 Å². The molecule has 1 heterocycles. The molecule has 4 heteroatoms. The molecule has 1 aromatic heterocycles. The van der Waals surface area contributed by atoms with Crippen molar-refractivity contribution in [2.24, 2.45) is 0 Å². The summed E-state index contributed by atoms with van der Waals surface area (Å²) in [5, 5.41) is 4.07. The van der Waals surface area contributed by atoms with Gasteiger partial charge in [-0.3, -0.25) is 4.68 Å². The van der Waals surface area contributed by atoms with Crippen LogP contribution < -0.4 is 10.5 Å². The maximum Gasteiger partial charge on any atom is 0.119 e. The molecule has 84 valence electrons. The van der Waals surface area contributed by atoms with E-state index < -0.39 is 0 Å². The molecule has 0 radical (unpaired) electrons. The van der Waals surface area contributed by atoms with Gasteiger partial charge in [-0.05, 0) is 19.1 Å². The number of nitrogen functional groups attached to an aromatic ring is 1. The highest BCUT2D eigenvalue weighted by Gasteiger charge is 1.96. The van der Waals surface area contributed by atoms with Crippen LogP contribution in [0, 0.1) is 6.92 Å². The Balaban J connectivity index is 1.82. The van der Waals surface area contributed by atoms with Crippen molar-refractivity contribution in [1.29, 1.82) is 0 Å². The maximum atomic E-state index is 5.57. The number of anilines is 1. The number of rotatable bonds is 4. The van der Waals surface area contributed by atoms with Gasteiger partial charge in [-0.15, -0.1) is 0 Å². The summed E-state index contributed by atoms with van der Waals surface area (Å²) in [5.74, 6) is 0.880. The van der Waals surface area contributed by atoms with Crippen molar-refractivity contribution < 1.29 is 4.74 Å². The molecule has 0 aliphatic carbocycles. The molecule has 0 atom stereocenters. The molecule has 0 spiro atoms. The third kappa shape index (κ3) is 2.76. The first-order valence-electron chi connectivity index (χ1n) is 5.21. The lowest BCUT2D eigenvalue weighted by molar-refractivity contribution is 0.291. The molecule has 1 aromatic carbocycles. The van der Waals surface area contributed by atoms with E-state index in [1.807, 2.05) is 24.3 Å². The fraction of sp³-hybridized carbons (Fsp3) is 0.250. The van der Waals surface area contributed by atoms with E-state index in [-0.39, 0.29) is 0 Å². The topological polar surface area (TPSA) is 53.1 Å². The predicted molar refractivity (Wildman–Crippen MR) is 63.3 cm³/mol. The summed E-state index contributed by atoms with van der Waals surface area (Å²) >= 11 is 0. The lowest BCUT2D eigenvalue weighted by atomic mass is 10.2. The van der Waals surface area contributed by atoms with Crippen molar-refractivity contribution in [3.63, 3.8) is 0 Å². The van der Waals surface area contributed by atoms with E-state index in [9.17, 15) is 0 Å². The third-order valence-corrected chi connectivity index (χ3v) is 2.26. The van der Waals surface area contributed by atoms with Crippen molar-refractivity contribution in [2.45, 2.75) is 13.5 Å². The molecule has 0 fully saturated rings. The average molecular weight is 217 g/mol. The second-order valence-corrected chi connectivity index (χ2v) is 3.70. The van der Waals surface area contributed by atoms with Crippen molar-refractivity contribution in [3.8, 4) is 5.75 Å². The molecule has 0 bridgehead atoms. The zero-order chi connectivity index (χ0) is 11.4. The monoisotopic (exact) mass is 217 g/mol. The predicted octanol–water partition coefficient (Wildman–Crippen LogP) is 1.85. The van der Waals surface area contributed by atoms with Crippen LogP contribution in [0.2, 0.25) is 0 Å². The Morgan fingerprint density at radius 3 is 2.69 bits per heavy atom. The van der Waals surface area contributed by atoms with Gasteiger partial charge < -0.3 is 10.5 Å². The second-order valence-electron chi connectivity index (χ2n) is 3.70. The Kier molecular flexibility index (Phi) is 3.10. The second kappa shape index (κ2) is 4.70. The van der Waals surface area contributed by atoms with Gasteiger partial charge in [0.15, 0.2) is 0 Å². The maximum absolute atomic E-state index is 5.57. The third-order valence-electron chi connectivity index (χ3n) is 2.26. The largest absolute Gasteiger partial charge is 0.492 e. The Bertz CT molecular complexity index is 448. The van der Waals surface area contributed by atoms with E-state index in [2.05, 4.69) is 12.0 Å². The highest BCUT2D eigenvalue weighted by Crippen LogP contribution is 2.11. The summed E-state index contributed by atoms with van der Waals surface area (Å²) in [6, 6.07) is 7.99. The number of hydrogen-bond donors (Lipinski definition) is 1. The molecule has 2 N–H and O–H groups in total. The van der Waals surface area contributed by atoms with E-state index in [0.717, 1.165) is 5.75 Å². The molecule has 0 unspecified atom stereocenters. The summed E-state index contributed by atoms with van der Waals surface area (Å²) in [6.07, 6.45) is 3.42. The van der Waals surface area contributed by atoms with Gasteiger partial charge in [0.1, 0.15) is 12.4 Å². The van der Waals surface area contributed by atoms with Gasteiger partial charge in [-0.2, -0.15) is 5.10 Å². The first kappa shape index (κ1) is 10.5. The lowest BCUT2D eigenvalue weighted by Crippen LogP contribution is -2.08. The van der Waals surface area contributed by atoms with Gasteiger partial charge in [0.25, 0.3) is 0 Å². The fourth-order valence-electron chi connectivity index (χ4n) is 1.39. The summed E-state index contributed by atoms with van der Waals surface area (Å²) < 4.78 is 7.34. The van der Waals surface area contributed by atoms with Crippen LogP contribution in [0.3, 0.4) is 0 Å². The van der Waals surface area contributed by atoms with Crippen molar-refractivity contribution >= 4 is 5.69 Å². The molecule has 2 rings (SSSR count). The van der Waals surface area contributed by atoms with Gasteiger partial charge in [0, 0.05) is 6.20 Å². The van der Waals surface area contributed by atoms with Gasteiger partial charge in [0.05, 0.1) is 18.4 Å². The van der Waals surface area contributed by atoms with Gasteiger partial charge >= 0.3 is 0 Å². The number of aryl methyl sites for hydroxylation is 1. The van der Waals surface area contributed by atoms with Crippen LogP contribution in [0.5, 0.6) is 5.75 Å².